The number of aromatic nitrogens is 1. The molecule has 0 radical (unpaired) electrons. The van der Waals surface area contributed by atoms with Crippen molar-refractivity contribution in [3.8, 4) is 0 Å². The molecule has 0 bridgehead atoms. The first kappa shape index (κ1) is 13.3. The molecule has 1 rings (SSSR count). The summed E-state index contributed by atoms with van der Waals surface area (Å²) in [7, 11) is 1.28. The number of alkyl carbamates (subject to hydrolysis) is 1. The van der Waals surface area contributed by atoms with Gasteiger partial charge in [-0.15, -0.1) is 0 Å². The first-order valence-corrected chi connectivity index (χ1v) is 5.50. The lowest BCUT2D eigenvalue weighted by Crippen LogP contribution is -2.46. The first-order chi connectivity index (χ1) is 7.97. The number of carbonyl (C=O) groups excluding carboxylic acids is 2. The van der Waals surface area contributed by atoms with Crippen molar-refractivity contribution in [2.45, 2.75) is 26.8 Å². The molecule has 0 saturated heterocycles. The number of carbonyl (C=O) groups is 2. The van der Waals surface area contributed by atoms with Crippen LogP contribution in [0.4, 0.5) is 4.79 Å². The standard InChI is InChI=1S/C12H18N2O3/c1-8(2)10(13-12(16)17-4)11(15)14-7-5-6-9(14)3/h5-8,10H,1-4H3,(H,13,16)/t10-/m0/s1. The van der Waals surface area contributed by atoms with Crippen LogP contribution in [0.1, 0.15) is 24.3 Å². The second-order valence-electron chi connectivity index (χ2n) is 4.22. The Labute approximate surface area is 101 Å². The normalized spacial score (nSPS) is 12.3. The molecular formula is C12H18N2O3. The molecule has 1 amide bonds. The smallest absolute Gasteiger partial charge is 0.407 e. The highest BCUT2D eigenvalue weighted by molar-refractivity contribution is 5.88. The number of hydrogen-bond acceptors (Lipinski definition) is 3. The van der Waals surface area contributed by atoms with E-state index in [1.54, 1.807) is 12.3 Å². The summed E-state index contributed by atoms with van der Waals surface area (Å²) in [6.45, 7) is 5.59. The minimum Gasteiger partial charge on any atom is -0.453 e. The van der Waals surface area contributed by atoms with Crippen molar-refractivity contribution in [2.24, 2.45) is 5.92 Å². The summed E-state index contributed by atoms with van der Waals surface area (Å²) in [4.78, 5) is 23.4. The number of ether oxygens (including phenoxy) is 1. The average molecular weight is 238 g/mol. The minimum atomic E-state index is -0.596. The van der Waals surface area contributed by atoms with Gasteiger partial charge in [-0.25, -0.2) is 4.79 Å². The van der Waals surface area contributed by atoms with Gasteiger partial charge in [0.2, 0.25) is 0 Å². The van der Waals surface area contributed by atoms with Gasteiger partial charge in [-0.05, 0) is 25.0 Å². The van der Waals surface area contributed by atoms with Crippen molar-refractivity contribution in [3.63, 3.8) is 0 Å². The Bertz CT molecular complexity index is 410. The summed E-state index contributed by atoms with van der Waals surface area (Å²) >= 11 is 0. The van der Waals surface area contributed by atoms with Crippen LogP contribution in [0.15, 0.2) is 18.3 Å². The molecule has 1 heterocycles. The number of hydrogen-bond donors (Lipinski definition) is 1. The maximum absolute atomic E-state index is 12.2. The van der Waals surface area contributed by atoms with Gasteiger partial charge in [0, 0.05) is 11.9 Å². The van der Waals surface area contributed by atoms with Gasteiger partial charge in [-0.2, -0.15) is 0 Å². The molecule has 0 aromatic carbocycles. The fraction of sp³-hybridized carbons (Fsp3) is 0.500. The van der Waals surface area contributed by atoms with Crippen molar-refractivity contribution >= 4 is 12.0 Å². The maximum atomic E-state index is 12.2. The third-order valence-corrected chi connectivity index (χ3v) is 2.58. The third-order valence-electron chi connectivity index (χ3n) is 2.58. The van der Waals surface area contributed by atoms with E-state index in [1.165, 1.54) is 11.7 Å². The number of nitrogens with one attached hydrogen (secondary N) is 1. The van der Waals surface area contributed by atoms with Crippen LogP contribution in [0.2, 0.25) is 0 Å². The lowest BCUT2D eigenvalue weighted by molar-refractivity contribution is 0.0817. The van der Waals surface area contributed by atoms with Crippen molar-refractivity contribution in [3.05, 3.63) is 24.0 Å². The molecule has 0 spiro atoms. The zero-order valence-electron chi connectivity index (χ0n) is 10.6. The van der Waals surface area contributed by atoms with Crippen LogP contribution in [0.3, 0.4) is 0 Å². The van der Waals surface area contributed by atoms with E-state index < -0.39 is 12.1 Å². The summed E-state index contributed by atoms with van der Waals surface area (Å²) in [6.07, 6.45) is 1.09. The number of rotatable bonds is 3. The molecule has 1 N–H and O–H groups in total. The van der Waals surface area contributed by atoms with Gasteiger partial charge in [-0.1, -0.05) is 13.8 Å². The lowest BCUT2D eigenvalue weighted by Gasteiger charge is -2.21. The van der Waals surface area contributed by atoms with Crippen molar-refractivity contribution in [1.29, 1.82) is 0 Å². The fourth-order valence-corrected chi connectivity index (χ4v) is 1.56. The van der Waals surface area contributed by atoms with Crippen LogP contribution >= 0.6 is 0 Å². The number of aryl methyl sites for hydroxylation is 1. The van der Waals surface area contributed by atoms with Gasteiger partial charge in [0.15, 0.2) is 0 Å². The predicted octanol–water partition coefficient (Wildman–Crippen LogP) is 1.82. The van der Waals surface area contributed by atoms with Crippen molar-refractivity contribution in [2.75, 3.05) is 7.11 Å². The van der Waals surface area contributed by atoms with Crippen LogP contribution in [-0.2, 0) is 4.74 Å². The van der Waals surface area contributed by atoms with Crippen LogP contribution in [0, 0.1) is 12.8 Å². The Morgan fingerprint density at radius 2 is 2.06 bits per heavy atom. The first-order valence-electron chi connectivity index (χ1n) is 5.50. The van der Waals surface area contributed by atoms with E-state index in [9.17, 15) is 9.59 Å². The van der Waals surface area contributed by atoms with E-state index in [1.807, 2.05) is 26.8 Å². The van der Waals surface area contributed by atoms with E-state index in [4.69, 9.17) is 0 Å². The third kappa shape index (κ3) is 3.09. The molecule has 0 saturated carbocycles. The Balaban J connectivity index is 2.89. The van der Waals surface area contributed by atoms with Crippen LogP contribution in [0.25, 0.3) is 0 Å². The Morgan fingerprint density at radius 1 is 1.41 bits per heavy atom. The Kier molecular flexibility index (Phi) is 4.31. The molecule has 0 fully saturated rings. The monoisotopic (exact) mass is 238 g/mol. The van der Waals surface area contributed by atoms with Gasteiger partial charge < -0.3 is 10.1 Å². The zero-order chi connectivity index (χ0) is 13.0. The molecule has 94 valence electrons. The Morgan fingerprint density at radius 3 is 2.47 bits per heavy atom. The molecular weight excluding hydrogens is 220 g/mol. The summed E-state index contributed by atoms with van der Waals surface area (Å²) < 4.78 is 6.05. The molecule has 1 atom stereocenters. The van der Waals surface area contributed by atoms with Gasteiger partial charge in [0.25, 0.3) is 5.91 Å². The molecule has 17 heavy (non-hydrogen) atoms. The molecule has 1 aromatic heterocycles. The second-order valence-corrected chi connectivity index (χ2v) is 4.22. The highest BCUT2D eigenvalue weighted by Crippen LogP contribution is 2.08. The summed E-state index contributed by atoms with van der Waals surface area (Å²) in [6, 6.07) is 3.05. The molecule has 5 nitrogen and oxygen atoms in total. The topological polar surface area (TPSA) is 60.3 Å². The van der Waals surface area contributed by atoms with E-state index in [2.05, 4.69) is 10.1 Å². The Hall–Kier alpha value is -1.78. The van der Waals surface area contributed by atoms with Crippen LogP contribution in [0.5, 0.6) is 0 Å². The number of nitrogens with zero attached hydrogens (tertiary/aromatic N) is 1. The maximum Gasteiger partial charge on any atom is 0.407 e. The van der Waals surface area contributed by atoms with E-state index in [0.29, 0.717) is 0 Å². The highest BCUT2D eigenvalue weighted by atomic mass is 16.5. The van der Waals surface area contributed by atoms with Crippen molar-refractivity contribution < 1.29 is 14.3 Å². The van der Waals surface area contributed by atoms with Gasteiger partial charge in [0.1, 0.15) is 6.04 Å². The predicted molar refractivity (Wildman–Crippen MR) is 64.0 cm³/mol. The summed E-state index contributed by atoms with van der Waals surface area (Å²) in [5.41, 5.74) is 0.840. The molecule has 0 aliphatic heterocycles. The molecule has 0 aliphatic rings. The van der Waals surface area contributed by atoms with E-state index in [-0.39, 0.29) is 11.8 Å². The van der Waals surface area contributed by atoms with Gasteiger partial charge >= 0.3 is 6.09 Å². The quantitative estimate of drug-likeness (QED) is 0.873. The van der Waals surface area contributed by atoms with Crippen LogP contribution < -0.4 is 5.32 Å². The zero-order valence-corrected chi connectivity index (χ0v) is 10.6. The molecule has 0 aliphatic carbocycles. The lowest BCUT2D eigenvalue weighted by atomic mass is 10.0. The summed E-state index contributed by atoms with van der Waals surface area (Å²) in [5, 5.41) is 2.55. The van der Waals surface area contributed by atoms with Crippen LogP contribution in [-0.4, -0.2) is 29.7 Å². The minimum absolute atomic E-state index is 0.0107. The SMILES string of the molecule is COC(=O)N[C@H](C(=O)n1cccc1C)C(C)C. The van der Waals surface area contributed by atoms with E-state index in [0.717, 1.165) is 5.69 Å². The van der Waals surface area contributed by atoms with E-state index >= 15 is 0 Å². The average Bonchev–Trinajstić information content (AvgIpc) is 2.70. The van der Waals surface area contributed by atoms with Gasteiger partial charge in [0.05, 0.1) is 7.11 Å². The molecule has 5 heteroatoms. The molecule has 0 unspecified atom stereocenters. The summed E-state index contributed by atoms with van der Waals surface area (Å²) in [5.74, 6) is -0.170. The number of methoxy groups -OCH3 is 1. The fourth-order valence-electron chi connectivity index (χ4n) is 1.56. The van der Waals surface area contributed by atoms with Crippen molar-refractivity contribution in [1.82, 2.24) is 9.88 Å². The van der Waals surface area contributed by atoms with Gasteiger partial charge in [-0.3, -0.25) is 9.36 Å². The molecule has 1 aromatic rings. The number of amides is 1. The largest absolute Gasteiger partial charge is 0.453 e. The highest BCUT2D eigenvalue weighted by Gasteiger charge is 2.26. The second kappa shape index (κ2) is 5.52.